The molecule has 2 nitrogen and oxygen atoms in total. The lowest BCUT2D eigenvalue weighted by Crippen LogP contribution is -2.45. The zero-order valence-electron chi connectivity index (χ0n) is 11.0. The fourth-order valence-corrected chi connectivity index (χ4v) is 2.25. The van der Waals surface area contributed by atoms with Crippen molar-refractivity contribution in [1.82, 2.24) is 0 Å². The normalized spacial score (nSPS) is 42.2. The molecule has 1 aliphatic heterocycles. The molecule has 2 unspecified atom stereocenters. The van der Waals surface area contributed by atoms with Crippen LogP contribution in [0.2, 0.25) is 0 Å². The van der Waals surface area contributed by atoms with E-state index >= 15 is 0 Å². The van der Waals surface area contributed by atoms with Crippen molar-refractivity contribution in [2.75, 3.05) is 6.61 Å². The maximum absolute atomic E-state index is 6.01. The molecule has 0 amide bonds. The summed E-state index contributed by atoms with van der Waals surface area (Å²) in [6, 6.07) is 0. The van der Waals surface area contributed by atoms with E-state index in [1.807, 2.05) is 0 Å². The Balaban J connectivity index is 2.51. The highest BCUT2D eigenvalue weighted by atomic mass is 16.5. The molecule has 0 aliphatic carbocycles. The highest BCUT2D eigenvalue weighted by Crippen LogP contribution is 2.34. The molecule has 0 saturated carbocycles. The molecule has 2 heteroatoms. The highest BCUT2D eigenvalue weighted by Gasteiger charge is 2.36. The third kappa shape index (κ3) is 3.18. The third-order valence-electron chi connectivity index (χ3n) is 3.97. The summed E-state index contributed by atoms with van der Waals surface area (Å²) in [5, 5.41) is 0. The molecular weight excluding hydrogens is 188 g/mol. The first-order valence-electron chi connectivity index (χ1n) is 6.20. The quantitative estimate of drug-likeness (QED) is 0.718. The van der Waals surface area contributed by atoms with Gasteiger partial charge in [0, 0.05) is 0 Å². The molecule has 1 rings (SSSR count). The first-order valence-corrected chi connectivity index (χ1v) is 6.20. The molecule has 0 N–H and O–H groups in total. The van der Waals surface area contributed by atoms with Gasteiger partial charge in [-0.3, -0.25) is 0 Å². The van der Waals surface area contributed by atoms with Gasteiger partial charge in [-0.05, 0) is 38.5 Å². The van der Waals surface area contributed by atoms with Gasteiger partial charge in [0.05, 0.1) is 24.9 Å². The minimum absolute atomic E-state index is 0.272. The molecule has 0 aromatic rings. The molecule has 1 saturated heterocycles. The van der Waals surface area contributed by atoms with Crippen molar-refractivity contribution in [3.63, 3.8) is 0 Å². The molecule has 1 fully saturated rings. The van der Waals surface area contributed by atoms with Gasteiger partial charge in [0.2, 0.25) is 0 Å². The Morgan fingerprint density at radius 1 is 1.00 bits per heavy atom. The summed E-state index contributed by atoms with van der Waals surface area (Å²) < 4.78 is 11.7. The first-order chi connectivity index (χ1) is 6.93. The van der Waals surface area contributed by atoms with Crippen LogP contribution in [0, 0.1) is 17.8 Å². The average molecular weight is 214 g/mol. The molecule has 1 heterocycles. The Bertz CT molecular complexity index is 191. The lowest BCUT2D eigenvalue weighted by molar-refractivity contribution is -0.153. The van der Waals surface area contributed by atoms with Crippen LogP contribution in [0.3, 0.4) is 0 Å². The number of hydrogen-bond donors (Lipinski definition) is 0. The van der Waals surface area contributed by atoms with Gasteiger partial charge in [0.1, 0.15) is 0 Å². The van der Waals surface area contributed by atoms with E-state index in [9.17, 15) is 0 Å². The maximum atomic E-state index is 6.01. The molecule has 0 radical (unpaired) electrons. The Labute approximate surface area is 94.3 Å². The fourth-order valence-electron chi connectivity index (χ4n) is 2.25. The van der Waals surface area contributed by atoms with Crippen LogP contribution in [0.15, 0.2) is 0 Å². The second-order valence-corrected chi connectivity index (χ2v) is 5.34. The van der Waals surface area contributed by atoms with Gasteiger partial charge in [-0.15, -0.1) is 0 Å². The Morgan fingerprint density at radius 3 is 2.13 bits per heavy atom. The molecule has 0 spiro atoms. The molecule has 0 bridgehead atoms. The average Bonchev–Trinajstić information content (AvgIpc) is 2.18. The van der Waals surface area contributed by atoms with Crippen molar-refractivity contribution in [3.05, 3.63) is 0 Å². The Hall–Kier alpha value is -0.0800. The van der Waals surface area contributed by atoms with Crippen molar-refractivity contribution in [2.24, 2.45) is 17.8 Å². The van der Waals surface area contributed by atoms with Crippen LogP contribution in [-0.4, -0.2) is 24.9 Å². The first kappa shape index (κ1) is 13.0. The van der Waals surface area contributed by atoms with E-state index in [4.69, 9.17) is 9.47 Å². The van der Waals surface area contributed by atoms with Gasteiger partial charge < -0.3 is 9.47 Å². The van der Waals surface area contributed by atoms with E-state index in [2.05, 4.69) is 41.5 Å². The van der Waals surface area contributed by atoms with Crippen molar-refractivity contribution in [1.29, 1.82) is 0 Å². The van der Waals surface area contributed by atoms with Crippen molar-refractivity contribution in [3.8, 4) is 0 Å². The minimum Gasteiger partial charge on any atom is -0.376 e. The summed E-state index contributed by atoms with van der Waals surface area (Å²) in [6.45, 7) is 13.9. The van der Waals surface area contributed by atoms with Gasteiger partial charge in [-0.25, -0.2) is 0 Å². The van der Waals surface area contributed by atoms with Gasteiger partial charge in [-0.2, -0.15) is 0 Å². The Morgan fingerprint density at radius 2 is 1.60 bits per heavy atom. The van der Waals surface area contributed by atoms with Gasteiger partial charge in [-0.1, -0.05) is 20.8 Å². The van der Waals surface area contributed by atoms with Crippen LogP contribution in [0.5, 0.6) is 0 Å². The van der Waals surface area contributed by atoms with Crippen LogP contribution in [0.4, 0.5) is 0 Å². The number of hydrogen-bond acceptors (Lipinski definition) is 2. The molecular formula is C13H26O2. The SMILES string of the molecule is CC(C)OCC1O[C@@H](C)C(C)[C@@H](C)[C@@H]1C. The minimum atomic E-state index is 0.272. The fraction of sp³-hybridized carbons (Fsp3) is 1.00. The second kappa shape index (κ2) is 5.31. The van der Waals surface area contributed by atoms with Gasteiger partial charge in [0.25, 0.3) is 0 Å². The molecule has 90 valence electrons. The van der Waals surface area contributed by atoms with E-state index in [1.165, 1.54) is 0 Å². The monoisotopic (exact) mass is 214 g/mol. The van der Waals surface area contributed by atoms with E-state index in [0.29, 0.717) is 24.0 Å². The summed E-state index contributed by atoms with van der Waals surface area (Å²) in [5.74, 6) is 1.96. The van der Waals surface area contributed by atoms with Crippen LogP contribution < -0.4 is 0 Å². The van der Waals surface area contributed by atoms with E-state index in [-0.39, 0.29) is 6.10 Å². The zero-order valence-corrected chi connectivity index (χ0v) is 11.0. The van der Waals surface area contributed by atoms with Crippen molar-refractivity contribution >= 4 is 0 Å². The molecule has 0 aromatic carbocycles. The molecule has 0 aromatic heterocycles. The predicted molar refractivity (Wildman–Crippen MR) is 62.9 cm³/mol. The van der Waals surface area contributed by atoms with E-state index in [1.54, 1.807) is 0 Å². The molecule has 1 aliphatic rings. The summed E-state index contributed by atoms with van der Waals surface area (Å²) in [7, 11) is 0. The summed E-state index contributed by atoms with van der Waals surface area (Å²) >= 11 is 0. The summed E-state index contributed by atoms with van der Waals surface area (Å²) in [6.07, 6.45) is 0.927. The summed E-state index contributed by atoms with van der Waals surface area (Å²) in [4.78, 5) is 0. The van der Waals surface area contributed by atoms with Crippen LogP contribution in [-0.2, 0) is 9.47 Å². The number of rotatable bonds is 3. The smallest absolute Gasteiger partial charge is 0.0840 e. The van der Waals surface area contributed by atoms with E-state index < -0.39 is 0 Å². The van der Waals surface area contributed by atoms with E-state index in [0.717, 1.165) is 12.5 Å². The van der Waals surface area contributed by atoms with Crippen LogP contribution in [0.25, 0.3) is 0 Å². The summed E-state index contributed by atoms with van der Waals surface area (Å²) in [5.41, 5.74) is 0. The lowest BCUT2D eigenvalue weighted by atomic mass is 9.77. The van der Waals surface area contributed by atoms with Gasteiger partial charge >= 0.3 is 0 Å². The largest absolute Gasteiger partial charge is 0.376 e. The third-order valence-corrected chi connectivity index (χ3v) is 3.97. The second-order valence-electron chi connectivity index (χ2n) is 5.34. The van der Waals surface area contributed by atoms with Crippen molar-refractivity contribution < 1.29 is 9.47 Å². The van der Waals surface area contributed by atoms with Crippen LogP contribution in [0.1, 0.15) is 41.5 Å². The van der Waals surface area contributed by atoms with Crippen molar-refractivity contribution in [2.45, 2.75) is 59.9 Å². The highest BCUT2D eigenvalue weighted by molar-refractivity contribution is 4.84. The lowest BCUT2D eigenvalue weighted by Gasteiger charge is -2.42. The molecule has 5 atom stereocenters. The standard InChI is InChI=1S/C13H26O2/c1-8(2)14-7-13-11(5)9(3)10(4)12(6)15-13/h8-13H,7H2,1-6H3/t9-,10?,11+,12+,13?/m1/s1. The molecule has 15 heavy (non-hydrogen) atoms. The maximum Gasteiger partial charge on any atom is 0.0840 e. The zero-order chi connectivity index (χ0) is 11.6. The number of ether oxygens (including phenoxy) is 2. The van der Waals surface area contributed by atoms with Gasteiger partial charge in [0.15, 0.2) is 0 Å². The predicted octanol–water partition coefficient (Wildman–Crippen LogP) is 3.11. The Kier molecular flexibility index (Phi) is 4.60. The topological polar surface area (TPSA) is 18.5 Å². The van der Waals surface area contributed by atoms with Crippen LogP contribution >= 0.6 is 0 Å².